The van der Waals surface area contributed by atoms with Crippen molar-refractivity contribution in [2.75, 3.05) is 18.1 Å². The Kier molecular flexibility index (Phi) is 3.92. The van der Waals surface area contributed by atoms with Crippen molar-refractivity contribution in [2.24, 2.45) is 11.7 Å². The normalized spacial score (nSPS) is 24.6. The quantitative estimate of drug-likeness (QED) is 0.865. The van der Waals surface area contributed by atoms with Crippen molar-refractivity contribution in [3.05, 3.63) is 29.8 Å². The van der Waals surface area contributed by atoms with Crippen LogP contribution >= 0.6 is 0 Å². The van der Waals surface area contributed by atoms with Crippen LogP contribution in [0.2, 0.25) is 0 Å². The highest BCUT2D eigenvalue weighted by Gasteiger charge is 2.30. The third-order valence-electron chi connectivity index (χ3n) is 3.64. The van der Waals surface area contributed by atoms with Crippen LogP contribution in [0.1, 0.15) is 24.3 Å². The molecule has 5 heteroatoms. The largest absolute Gasteiger partial charge is 0.508 e. The van der Waals surface area contributed by atoms with Crippen molar-refractivity contribution >= 4 is 9.84 Å². The van der Waals surface area contributed by atoms with Crippen molar-refractivity contribution in [3.8, 4) is 5.75 Å². The van der Waals surface area contributed by atoms with E-state index in [0.29, 0.717) is 12.3 Å². The van der Waals surface area contributed by atoms with Crippen LogP contribution in [0.15, 0.2) is 24.3 Å². The van der Waals surface area contributed by atoms with E-state index in [9.17, 15) is 13.5 Å². The maximum Gasteiger partial charge on any atom is 0.150 e. The first-order valence-electron chi connectivity index (χ1n) is 6.21. The molecule has 1 saturated heterocycles. The Morgan fingerprint density at radius 3 is 2.56 bits per heavy atom. The number of rotatable bonds is 3. The van der Waals surface area contributed by atoms with E-state index in [1.807, 2.05) is 12.1 Å². The SMILES string of the molecule is NCC(c1ccc(O)cc1)C1CCCS(=O)(=O)C1. The molecule has 2 rings (SSSR count). The second-order valence-electron chi connectivity index (χ2n) is 4.95. The molecule has 0 aromatic heterocycles. The fourth-order valence-electron chi connectivity index (χ4n) is 2.70. The lowest BCUT2D eigenvalue weighted by atomic mass is 9.84. The van der Waals surface area contributed by atoms with Gasteiger partial charge in [0, 0.05) is 0 Å². The standard InChI is InChI=1S/C13H19NO3S/c14-8-13(10-3-5-12(15)6-4-10)11-2-1-7-18(16,17)9-11/h3-6,11,13,15H,1-2,7-9,14H2. The van der Waals surface area contributed by atoms with E-state index in [2.05, 4.69) is 0 Å². The minimum absolute atomic E-state index is 0.0562. The average Bonchev–Trinajstić information content (AvgIpc) is 2.31. The maximum atomic E-state index is 11.7. The molecule has 0 amide bonds. The highest BCUT2D eigenvalue weighted by molar-refractivity contribution is 7.91. The van der Waals surface area contributed by atoms with E-state index in [1.165, 1.54) is 0 Å². The van der Waals surface area contributed by atoms with Crippen molar-refractivity contribution < 1.29 is 13.5 Å². The summed E-state index contributed by atoms with van der Waals surface area (Å²) in [6.07, 6.45) is 1.63. The predicted octanol–water partition coefficient (Wildman–Crippen LogP) is 1.26. The maximum absolute atomic E-state index is 11.7. The second kappa shape index (κ2) is 5.28. The topological polar surface area (TPSA) is 80.4 Å². The highest BCUT2D eigenvalue weighted by atomic mass is 32.2. The summed E-state index contributed by atoms with van der Waals surface area (Å²) in [6, 6.07) is 6.90. The zero-order valence-electron chi connectivity index (χ0n) is 10.2. The van der Waals surface area contributed by atoms with Crippen LogP contribution in [0, 0.1) is 5.92 Å². The third kappa shape index (κ3) is 3.03. The van der Waals surface area contributed by atoms with Gasteiger partial charge in [0.1, 0.15) is 5.75 Å². The summed E-state index contributed by atoms with van der Waals surface area (Å²) >= 11 is 0. The van der Waals surface area contributed by atoms with Gasteiger partial charge >= 0.3 is 0 Å². The number of nitrogens with two attached hydrogens (primary N) is 1. The number of aromatic hydroxyl groups is 1. The van der Waals surface area contributed by atoms with Crippen LogP contribution in [-0.4, -0.2) is 31.6 Å². The van der Waals surface area contributed by atoms with Gasteiger partial charge < -0.3 is 10.8 Å². The Bertz CT molecular complexity index is 495. The molecule has 2 atom stereocenters. The lowest BCUT2D eigenvalue weighted by Gasteiger charge is -2.29. The van der Waals surface area contributed by atoms with Gasteiger partial charge in [-0.2, -0.15) is 0 Å². The summed E-state index contributed by atoms with van der Waals surface area (Å²) in [5, 5.41) is 9.28. The highest BCUT2D eigenvalue weighted by Crippen LogP contribution is 2.32. The molecule has 1 aromatic carbocycles. The first-order valence-corrected chi connectivity index (χ1v) is 8.03. The molecule has 0 saturated carbocycles. The van der Waals surface area contributed by atoms with Crippen LogP contribution in [0.5, 0.6) is 5.75 Å². The number of benzene rings is 1. The second-order valence-corrected chi connectivity index (χ2v) is 7.18. The fraction of sp³-hybridized carbons (Fsp3) is 0.538. The molecule has 0 radical (unpaired) electrons. The minimum atomic E-state index is -2.91. The molecule has 1 aliphatic rings. The molecule has 0 bridgehead atoms. The molecule has 100 valence electrons. The third-order valence-corrected chi connectivity index (χ3v) is 5.49. The van der Waals surface area contributed by atoms with Gasteiger partial charge in [-0.15, -0.1) is 0 Å². The van der Waals surface area contributed by atoms with Crippen molar-refractivity contribution in [1.29, 1.82) is 0 Å². The molecule has 1 aliphatic heterocycles. The molecule has 1 aromatic rings. The smallest absolute Gasteiger partial charge is 0.150 e. The Morgan fingerprint density at radius 2 is 2.00 bits per heavy atom. The molecule has 3 N–H and O–H groups in total. The number of phenolic OH excluding ortho intramolecular Hbond substituents is 1. The monoisotopic (exact) mass is 269 g/mol. The summed E-state index contributed by atoms with van der Waals surface area (Å²) in [5.41, 5.74) is 6.82. The van der Waals surface area contributed by atoms with Crippen LogP contribution < -0.4 is 5.73 Å². The van der Waals surface area contributed by atoms with E-state index in [4.69, 9.17) is 5.73 Å². The minimum Gasteiger partial charge on any atom is -0.508 e. The van der Waals surface area contributed by atoms with Gasteiger partial charge in [-0.1, -0.05) is 12.1 Å². The van der Waals surface area contributed by atoms with E-state index in [-0.39, 0.29) is 23.3 Å². The molecule has 0 spiro atoms. The van der Waals surface area contributed by atoms with Gasteiger partial charge in [-0.3, -0.25) is 0 Å². The van der Waals surface area contributed by atoms with Crippen molar-refractivity contribution in [3.63, 3.8) is 0 Å². The molecule has 4 nitrogen and oxygen atoms in total. The van der Waals surface area contributed by atoms with Gasteiger partial charge in [0.15, 0.2) is 9.84 Å². The Balaban J connectivity index is 2.20. The average molecular weight is 269 g/mol. The van der Waals surface area contributed by atoms with E-state index < -0.39 is 9.84 Å². The van der Waals surface area contributed by atoms with E-state index >= 15 is 0 Å². The Morgan fingerprint density at radius 1 is 1.33 bits per heavy atom. The molecule has 1 heterocycles. The summed E-state index contributed by atoms with van der Waals surface area (Å²) < 4.78 is 23.4. The van der Waals surface area contributed by atoms with Crippen LogP contribution in [0.4, 0.5) is 0 Å². The Labute approximate surface area is 108 Å². The summed E-state index contributed by atoms with van der Waals surface area (Å²) in [5.74, 6) is 0.899. The molecule has 18 heavy (non-hydrogen) atoms. The van der Waals surface area contributed by atoms with Crippen molar-refractivity contribution in [2.45, 2.75) is 18.8 Å². The van der Waals surface area contributed by atoms with Crippen molar-refractivity contribution in [1.82, 2.24) is 0 Å². The van der Waals surface area contributed by atoms with Gasteiger partial charge in [0.25, 0.3) is 0 Å². The Hall–Kier alpha value is -1.07. The van der Waals surface area contributed by atoms with Gasteiger partial charge in [0.05, 0.1) is 11.5 Å². The van der Waals surface area contributed by atoms with E-state index in [1.54, 1.807) is 12.1 Å². The number of phenols is 1. The van der Waals surface area contributed by atoms with Crippen LogP contribution in [-0.2, 0) is 9.84 Å². The zero-order valence-corrected chi connectivity index (χ0v) is 11.1. The number of hydrogen-bond acceptors (Lipinski definition) is 4. The summed E-state index contributed by atoms with van der Waals surface area (Å²) in [7, 11) is -2.91. The first-order chi connectivity index (χ1) is 8.52. The summed E-state index contributed by atoms with van der Waals surface area (Å²) in [4.78, 5) is 0. The lowest BCUT2D eigenvalue weighted by molar-refractivity contribution is 0.412. The number of sulfone groups is 1. The van der Waals surface area contributed by atoms with E-state index in [0.717, 1.165) is 18.4 Å². The first kappa shape index (κ1) is 13.4. The van der Waals surface area contributed by atoms with Crippen LogP contribution in [0.3, 0.4) is 0 Å². The zero-order chi connectivity index (χ0) is 13.2. The summed E-state index contributed by atoms with van der Waals surface area (Å²) in [6.45, 7) is 0.435. The fourth-order valence-corrected chi connectivity index (χ4v) is 4.52. The molecule has 0 aliphatic carbocycles. The molecular weight excluding hydrogens is 250 g/mol. The molecule has 1 fully saturated rings. The van der Waals surface area contributed by atoms with Gasteiger partial charge in [-0.05, 0) is 48.9 Å². The number of hydrogen-bond donors (Lipinski definition) is 2. The van der Waals surface area contributed by atoms with Gasteiger partial charge in [-0.25, -0.2) is 8.42 Å². The lowest BCUT2D eigenvalue weighted by Crippen LogP contribution is -2.32. The molecular formula is C13H19NO3S. The van der Waals surface area contributed by atoms with Gasteiger partial charge in [0.2, 0.25) is 0 Å². The van der Waals surface area contributed by atoms with Crippen LogP contribution in [0.25, 0.3) is 0 Å². The molecule has 2 unspecified atom stereocenters. The predicted molar refractivity (Wildman–Crippen MR) is 71.3 cm³/mol.